The summed E-state index contributed by atoms with van der Waals surface area (Å²) in [5.74, 6) is 1.50. The third-order valence-corrected chi connectivity index (χ3v) is 4.43. The molecular weight excluding hydrogens is 229 g/mol. The van der Waals surface area contributed by atoms with E-state index in [0.717, 1.165) is 19.3 Å². The van der Waals surface area contributed by atoms with Gasteiger partial charge in [0.25, 0.3) is 0 Å². The lowest BCUT2D eigenvalue weighted by Gasteiger charge is -2.44. The van der Waals surface area contributed by atoms with Gasteiger partial charge in [-0.25, -0.2) is 0 Å². The van der Waals surface area contributed by atoms with Gasteiger partial charge in [0.2, 0.25) is 0 Å². The number of hydrogen-bond acceptors (Lipinski definition) is 1. The molecule has 0 aliphatic heterocycles. The largest absolute Gasteiger partial charge is 0.328 e. The van der Waals surface area contributed by atoms with E-state index >= 15 is 0 Å². The summed E-state index contributed by atoms with van der Waals surface area (Å²) in [6.45, 7) is 13.2. The quantitative estimate of drug-likeness (QED) is 0.472. The van der Waals surface area contributed by atoms with Crippen molar-refractivity contribution in [3.63, 3.8) is 0 Å². The van der Waals surface area contributed by atoms with Crippen LogP contribution in [0.3, 0.4) is 0 Å². The van der Waals surface area contributed by atoms with Gasteiger partial charge in [0.15, 0.2) is 0 Å². The maximum Gasteiger partial charge on any atom is 0.0775 e. The average Bonchev–Trinajstić information content (AvgIpc) is 2.36. The highest BCUT2D eigenvalue weighted by atomic mass is 14.7. The van der Waals surface area contributed by atoms with Gasteiger partial charge >= 0.3 is 0 Å². The molecule has 0 amide bonds. The molecule has 0 aromatic heterocycles. The van der Waals surface area contributed by atoms with Crippen LogP contribution >= 0.6 is 0 Å². The van der Waals surface area contributed by atoms with E-state index < -0.39 is 0 Å². The third-order valence-electron chi connectivity index (χ3n) is 4.43. The number of nitrogens with two attached hydrogens (primary N) is 1. The first-order valence-electron chi connectivity index (χ1n) is 8.00. The van der Waals surface area contributed by atoms with Crippen molar-refractivity contribution >= 4 is 7.85 Å². The number of rotatable bonds is 9. The molecule has 110 valence electrons. The summed E-state index contributed by atoms with van der Waals surface area (Å²) in [7, 11) is 6.77. The zero-order chi connectivity index (χ0) is 15.1. The van der Waals surface area contributed by atoms with Gasteiger partial charge in [-0.15, -0.1) is 0 Å². The Morgan fingerprint density at radius 3 is 2.16 bits per heavy atom. The van der Waals surface area contributed by atoms with Crippen molar-refractivity contribution in [3.05, 3.63) is 12.2 Å². The second-order valence-corrected chi connectivity index (χ2v) is 6.52. The molecule has 0 saturated heterocycles. The Morgan fingerprint density at radius 1 is 1.21 bits per heavy atom. The van der Waals surface area contributed by atoms with Gasteiger partial charge in [0, 0.05) is 6.04 Å². The molecule has 0 bridgehead atoms. The van der Waals surface area contributed by atoms with Crippen molar-refractivity contribution < 1.29 is 0 Å². The van der Waals surface area contributed by atoms with Crippen LogP contribution in [0.5, 0.6) is 0 Å². The van der Waals surface area contributed by atoms with E-state index in [4.69, 9.17) is 13.6 Å². The van der Waals surface area contributed by atoms with Crippen molar-refractivity contribution in [2.24, 2.45) is 23.5 Å². The minimum absolute atomic E-state index is 0.0670. The van der Waals surface area contributed by atoms with Crippen LogP contribution in [0.1, 0.15) is 67.2 Å². The van der Waals surface area contributed by atoms with E-state index in [1.54, 1.807) is 0 Å². The van der Waals surface area contributed by atoms with Crippen molar-refractivity contribution in [3.8, 4) is 0 Å². The summed E-state index contributed by atoms with van der Waals surface area (Å²) >= 11 is 0. The Balaban J connectivity index is 5.15. The molecule has 4 unspecified atom stereocenters. The zero-order valence-corrected chi connectivity index (χ0v) is 13.9. The number of hydrogen-bond donors (Lipinski definition) is 1. The maximum atomic E-state index is 6.77. The number of allylic oxidation sites excluding steroid dienone is 2. The molecule has 2 radical (unpaired) electrons. The van der Waals surface area contributed by atoms with Crippen LogP contribution < -0.4 is 5.73 Å². The molecule has 1 nitrogen and oxygen atoms in total. The van der Waals surface area contributed by atoms with Crippen LogP contribution in [-0.4, -0.2) is 13.9 Å². The van der Waals surface area contributed by atoms with Crippen molar-refractivity contribution in [1.29, 1.82) is 0 Å². The molecule has 0 aromatic carbocycles. The Labute approximate surface area is 122 Å². The maximum absolute atomic E-state index is 6.77. The summed E-state index contributed by atoms with van der Waals surface area (Å²) in [5.41, 5.74) is 6.54. The zero-order valence-electron chi connectivity index (χ0n) is 13.9. The van der Waals surface area contributed by atoms with Gasteiger partial charge in [-0.3, -0.25) is 0 Å². The van der Waals surface area contributed by atoms with E-state index in [-0.39, 0.29) is 11.4 Å². The summed E-state index contributed by atoms with van der Waals surface area (Å²) in [4.78, 5) is 0. The Hall–Kier alpha value is -0.235. The van der Waals surface area contributed by atoms with Crippen LogP contribution in [0.2, 0.25) is 5.31 Å². The fraction of sp³-hybridized carbons (Fsp3) is 0.882. The summed E-state index contributed by atoms with van der Waals surface area (Å²) < 4.78 is 0. The molecular formula is C17H34BN. The van der Waals surface area contributed by atoms with Crippen molar-refractivity contribution in [2.45, 2.75) is 78.6 Å². The van der Waals surface area contributed by atoms with Gasteiger partial charge in [-0.05, 0) is 42.8 Å². The fourth-order valence-electron chi connectivity index (χ4n) is 3.13. The molecule has 0 saturated carbocycles. The Bertz CT molecular complexity index is 262. The second-order valence-electron chi connectivity index (χ2n) is 6.52. The lowest BCUT2D eigenvalue weighted by Crippen LogP contribution is -2.45. The van der Waals surface area contributed by atoms with Crippen molar-refractivity contribution in [2.75, 3.05) is 0 Å². The summed E-state index contributed by atoms with van der Waals surface area (Å²) in [6.07, 6.45) is 8.77. The van der Waals surface area contributed by atoms with Gasteiger partial charge in [-0.1, -0.05) is 59.6 Å². The van der Waals surface area contributed by atoms with Gasteiger partial charge < -0.3 is 5.73 Å². The van der Waals surface area contributed by atoms with Crippen molar-refractivity contribution in [1.82, 2.24) is 0 Å². The monoisotopic (exact) mass is 263 g/mol. The molecule has 2 heteroatoms. The molecule has 0 fully saturated rings. The molecule has 2 N–H and O–H groups in total. The minimum Gasteiger partial charge on any atom is -0.328 e. The minimum atomic E-state index is -0.286. The van der Waals surface area contributed by atoms with Crippen LogP contribution in [0.4, 0.5) is 0 Å². The highest BCUT2D eigenvalue weighted by molar-refractivity contribution is 6.16. The average molecular weight is 263 g/mol. The first kappa shape index (κ1) is 18.8. The summed E-state index contributed by atoms with van der Waals surface area (Å²) in [5, 5.41) is -0.286. The predicted octanol–water partition coefficient (Wildman–Crippen LogP) is 4.73. The lowest BCUT2D eigenvalue weighted by molar-refractivity contribution is 0.244. The third kappa shape index (κ3) is 5.34. The van der Waals surface area contributed by atoms with Gasteiger partial charge in [0.05, 0.1) is 7.85 Å². The van der Waals surface area contributed by atoms with Gasteiger partial charge in [-0.2, -0.15) is 0 Å². The Morgan fingerprint density at radius 2 is 1.79 bits per heavy atom. The van der Waals surface area contributed by atoms with Crippen LogP contribution in [0.15, 0.2) is 12.2 Å². The van der Waals surface area contributed by atoms with E-state index in [2.05, 4.69) is 53.7 Å². The highest BCUT2D eigenvalue weighted by Gasteiger charge is 2.38. The fourth-order valence-corrected chi connectivity index (χ4v) is 3.13. The van der Waals surface area contributed by atoms with Gasteiger partial charge in [0.1, 0.15) is 0 Å². The van der Waals surface area contributed by atoms with Crippen LogP contribution in [-0.2, 0) is 0 Å². The molecule has 0 heterocycles. The molecule has 4 atom stereocenters. The van der Waals surface area contributed by atoms with E-state index in [9.17, 15) is 0 Å². The van der Waals surface area contributed by atoms with E-state index in [0.29, 0.717) is 17.8 Å². The Kier molecular flexibility index (Phi) is 8.73. The first-order valence-corrected chi connectivity index (χ1v) is 8.00. The lowest BCUT2D eigenvalue weighted by atomic mass is 9.51. The standard InChI is InChI=1S/C17H34BN/c1-7-10-14(6)16(19)17(18,9-3)15(11-8-2)12-13(4)5/h8,11,13-16H,7,9-10,12,19H2,1-6H3/b11-8-. The molecule has 0 aromatic rings. The molecule has 0 rings (SSSR count). The van der Waals surface area contributed by atoms with Crippen LogP contribution in [0, 0.1) is 17.8 Å². The topological polar surface area (TPSA) is 26.0 Å². The van der Waals surface area contributed by atoms with E-state index in [1.165, 1.54) is 6.42 Å². The highest BCUT2D eigenvalue weighted by Crippen LogP contribution is 2.45. The molecule has 0 spiro atoms. The van der Waals surface area contributed by atoms with E-state index in [1.807, 2.05) is 0 Å². The summed E-state index contributed by atoms with van der Waals surface area (Å²) in [6, 6.07) is 0.0670. The normalized spacial score (nSPS) is 20.4. The molecule has 0 aliphatic rings. The predicted molar refractivity (Wildman–Crippen MR) is 88.5 cm³/mol. The first-order chi connectivity index (χ1) is 8.83. The second kappa shape index (κ2) is 8.84. The molecule has 0 aliphatic carbocycles. The van der Waals surface area contributed by atoms with Crippen LogP contribution in [0.25, 0.3) is 0 Å². The smallest absolute Gasteiger partial charge is 0.0775 e. The molecule has 19 heavy (non-hydrogen) atoms. The SMILES string of the molecule is [B]C(CC)(C(/C=C\C)CC(C)C)C(N)C(C)CCC.